The smallest absolute Gasteiger partial charge is 0.330 e. The molecular formula is C16H30O4Si. The van der Waals surface area contributed by atoms with Gasteiger partial charge in [0.2, 0.25) is 0 Å². The monoisotopic (exact) mass is 314 g/mol. The molecule has 1 N–H and O–H groups in total. The van der Waals surface area contributed by atoms with Crippen LogP contribution >= 0.6 is 0 Å². The first-order chi connectivity index (χ1) is 9.51. The highest BCUT2D eigenvalue weighted by Crippen LogP contribution is 2.38. The summed E-state index contributed by atoms with van der Waals surface area (Å²) in [5.41, 5.74) is 0. The number of aliphatic hydroxyl groups excluding tert-OH is 1. The molecule has 1 heterocycles. The van der Waals surface area contributed by atoms with Gasteiger partial charge in [0.05, 0.1) is 12.2 Å². The summed E-state index contributed by atoms with van der Waals surface area (Å²) in [4.78, 5) is 11.3. The van der Waals surface area contributed by atoms with Crippen molar-refractivity contribution in [1.82, 2.24) is 0 Å². The summed E-state index contributed by atoms with van der Waals surface area (Å²) in [5, 5.41) is 9.84. The summed E-state index contributed by atoms with van der Waals surface area (Å²) >= 11 is 0. The van der Waals surface area contributed by atoms with Gasteiger partial charge >= 0.3 is 5.97 Å². The van der Waals surface area contributed by atoms with E-state index in [4.69, 9.17) is 9.16 Å². The van der Waals surface area contributed by atoms with Crippen molar-refractivity contribution in [3.8, 4) is 0 Å². The summed E-state index contributed by atoms with van der Waals surface area (Å²) in [6.45, 7) is 12.8. The first-order valence-electron chi connectivity index (χ1n) is 7.74. The third kappa shape index (κ3) is 5.92. The molecule has 0 aromatic rings. The van der Waals surface area contributed by atoms with Crippen LogP contribution in [0, 0.1) is 0 Å². The van der Waals surface area contributed by atoms with Gasteiger partial charge in [-0.2, -0.15) is 0 Å². The largest absolute Gasteiger partial charge is 0.459 e. The fourth-order valence-electron chi connectivity index (χ4n) is 2.17. The average molecular weight is 314 g/mol. The number of hydrogen-bond donors (Lipinski definition) is 1. The lowest BCUT2D eigenvalue weighted by Gasteiger charge is -2.40. The van der Waals surface area contributed by atoms with Crippen LogP contribution < -0.4 is 0 Å². The van der Waals surface area contributed by atoms with E-state index in [0.29, 0.717) is 12.8 Å². The fraction of sp³-hybridized carbons (Fsp3) is 0.812. The molecule has 4 nitrogen and oxygen atoms in total. The van der Waals surface area contributed by atoms with E-state index in [9.17, 15) is 9.90 Å². The van der Waals surface area contributed by atoms with Gasteiger partial charge in [0.15, 0.2) is 8.32 Å². The zero-order valence-electron chi connectivity index (χ0n) is 14.2. The molecule has 1 rings (SSSR count). The minimum absolute atomic E-state index is 0.0739. The molecule has 0 unspecified atom stereocenters. The second-order valence-electron chi connectivity index (χ2n) is 7.52. The Morgan fingerprint density at radius 3 is 2.57 bits per heavy atom. The summed E-state index contributed by atoms with van der Waals surface area (Å²) in [6.07, 6.45) is 4.62. The van der Waals surface area contributed by atoms with Crippen molar-refractivity contribution in [3.63, 3.8) is 0 Å². The third-order valence-corrected chi connectivity index (χ3v) is 8.87. The molecule has 0 radical (unpaired) electrons. The molecule has 0 aliphatic carbocycles. The van der Waals surface area contributed by atoms with Gasteiger partial charge in [-0.3, -0.25) is 0 Å². The Kier molecular flexibility index (Phi) is 6.19. The lowest BCUT2D eigenvalue weighted by Crippen LogP contribution is -2.45. The number of hydrogen-bond acceptors (Lipinski definition) is 4. The minimum atomic E-state index is -1.91. The van der Waals surface area contributed by atoms with Crippen LogP contribution in [0.4, 0.5) is 0 Å². The maximum absolute atomic E-state index is 11.3. The molecule has 0 saturated heterocycles. The highest BCUT2D eigenvalue weighted by Gasteiger charge is 2.40. The molecule has 1 aliphatic rings. The van der Waals surface area contributed by atoms with Crippen molar-refractivity contribution >= 4 is 14.3 Å². The van der Waals surface area contributed by atoms with E-state index in [0.717, 1.165) is 6.42 Å². The van der Waals surface area contributed by atoms with E-state index in [1.54, 1.807) is 6.92 Å². The van der Waals surface area contributed by atoms with E-state index in [1.807, 2.05) is 6.08 Å². The van der Waals surface area contributed by atoms with Gasteiger partial charge in [-0.1, -0.05) is 26.8 Å². The molecular weight excluding hydrogens is 284 g/mol. The number of aliphatic hydroxyl groups is 1. The SMILES string of the molecule is C[C@H](O)C[C@@H](C[C@H]1CC=CC(=O)O1)O[Si](C)(C)C(C)(C)C. The minimum Gasteiger partial charge on any atom is -0.459 e. The van der Waals surface area contributed by atoms with Crippen molar-refractivity contribution in [1.29, 1.82) is 0 Å². The van der Waals surface area contributed by atoms with Crippen LogP contribution in [-0.4, -0.2) is 37.7 Å². The van der Waals surface area contributed by atoms with Crippen molar-refractivity contribution in [2.45, 2.75) is 83.4 Å². The van der Waals surface area contributed by atoms with Crippen LogP contribution in [0.5, 0.6) is 0 Å². The predicted molar refractivity (Wildman–Crippen MR) is 86.6 cm³/mol. The van der Waals surface area contributed by atoms with E-state index < -0.39 is 14.4 Å². The molecule has 5 heteroatoms. The van der Waals surface area contributed by atoms with Gasteiger partial charge in [-0.25, -0.2) is 4.79 Å². The zero-order chi connectivity index (χ0) is 16.3. The highest BCUT2D eigenvalue weighted by molar-refractivity contribution is 6.74. The first kappa shape index (κ1) is 18.4. The maximum atomic E-state index is 11.3. The van der Waals surface area contributed by atoms with Gasteiger partial charge in [0, 0.05) is 18.9 Å². The number of esters is 1. The lowest BCUT2D eigenvalue weighted by atomic mass is 10.0. The van der Waals surface area contributed by atoms with Gasteiger partial charge in [0.1, 0.15) is 6.10 Å². The van der Waals surface area contributed by atoms with Gasteiger partial charge in [-0.05, 0) is 31.5 Å². The summed E-state index contributed by atoms with van der Waals surface area (Å²) in [5.74, 6) is -0.283. The van der Waals surface area contributed by atoms with Crippen molar-refractivity contribution in [3.05, 3.63) is 12.2 Å². The molecule has 0 aromatic carbocycles. The first-order valence-corrected chi connectivity index (χ1v) is 10.6. The molecule has 0 bridgehead atoms. The molecule has 122 valence electrons. The van der Waals surface area contributed by atoms with Crippen molar-refractivity contribution in [2.75, 3.05) is 0 Å². The Bertz CT molecular complexity index is 382. The number of cyclic esters (lactones) is 1. The maximum Gasteiger partial charge on any atom is 0.330 e. The van der Waals surface area contributed by atoms with E-state index in [1.165, 1.54) is 6.08 Å². The molecule has 3 atom stereocenters. The molecule has 1 aliphatic heterocycles. The average Bonchev–Trinajstić information content (AvgIpc) is 2.25. The summed E-state index contributed by atoms with van der Waals surface area (Å²) in [6, 6.07) is 0. The summed E-state index contributed by atoms with van der Waals surface area (Å²) < 4.78 is 11.7. The normalized spacial score (nSPS) is 22.8. The highest BCUT2D eigenvalue weighted by atomic mass is 28.4. The number of carbonyl (C=O) groups is 1. The molecule has 0 spiro atoms. The van der Waals surface area contributed by atoms with Crippen molar-refractivity contribution < 1.29 is 19.1 Å². The quantitative estimate of drug-likeness (QED) is 0.603. The standard InChI is InChI=1S/C16H30O4Si/c1-12(17)10-14(20-21(5,6)16(2,3)4)11-13-8-7-9-15(18)19-13/h7,9,12-14,17H,8,10-11H2,1-6H3/t12-,13+,14-/m0/s1. The van der Waals surface area contributed by atoms with Crippen LogP contribution in [0.15, 0.2) is 12.2 Å². The molecule has 0 aromatic heterocycles. The Hall–Kier alpha value is -0.653. The van der Waals surface area contributed by atoms with Gasteiger partial charge in [-0.15, -0.1) is 0 Å². The molecule has 0 fully saturated rings. The van der Waals surface area contributed by atoms with E-state index in [2.05, 4.69) is 33.9 Å². The van der Waals surface area contributed by atoms with E-state index >= 15 is 0 Å². The van der Waals surface area contributed by atoms with Gasteiger partial charge in [0.25, 0.3) is 0 Å². The van der Waals surface area contributed by atoms with E-state index in [-0.39, 0.29) is 23.2 Å². The Balaban J connectivity index is 2.72. The van der Waals surface area contributed by atoms with Crippen LogP contribution in [-0.2, 0) is 14.0 Å². The number of ether oxygens (including phenoxy) is 1. The van der Waals surface area contributed by atoms with Crippen LogP contribution in [0.1, 0.15) is 47.0 Å². The molecule has 0 amide bonds. The zero-order valence-corrected chi connectivity index (χ0v) is 15.2. The second kappa shape index (κ2) is 7.07. The van der Waals surface area contributed by atoms with Crippen molar-refractivity contribution in [2.24, 2.45) is 0 Å². The van der Waals surface area contributed by atoms with Crippen LogP contribution in [0.2, 0.25) is 18.1 Å². The topological polar surface area (TPSA) is 55.8 Å². The van der Waals surface area contributed by atoms with Crippen LogP contribution in [0.3, 0.4) is 0 Å². The molecule has 0 saturated carbocycles. The van der Waals surface area contributed by atoms with Gasteiger partial charge < -0.3 is 14.3 Å². The van der Waals surface area contributed by atoms with Crippen LogP contribution in [0.25, 0.3) is 0 Å². The Labute approximate surface area is 129 Å². The third-order valence-electron chi connectivity index (χ3n) is 4.33. The fourth-order valence-corrected chi connectivity index (χ4v) is 3.55. The number of rotatable bonds is 6. The summed E-state index contributed by atoms with van der Waals surface area (Å²) in [7, 11) is -1.91. The lowest BCUT2D eigenvalue weighted by molar-refractivity contribution is -0.145. The predicted octanol–water partition coefficient (Wildman–Crippen LogP) is 3.41. The Morgan fingerprint density at radius 2 is 2.10 bits per heavy atom. The number of carbonyl (C=O) groups excluding carboxylic acids is 1. The molecule has 21 heavy (non-hydrogen) atoms. The second-order valence-corrected chi connectivity index (χ2v) is 12.3. The Morgan fingerprint density at radius 1 is 1.48 bits per heavy atom.